The second-order valence-electron chi connectivity index (χ2n) is 5.49. The largest absolute Gasteiger partial charge is 0.471 e. The third-order valence-corrected chi connectivity index (χ3v) is 5.55. The minimum absolute atomic E-state index is 0.285. The molecule has 11 heteroatoms. The number of aromatic nitrogens is 1. The molecular formula is C15H11F5N2O3S. The van der Waals surface area contributed by atoms with Crippen LogP contribution < -0.4 is 4.74 Å². The summed E-state index contributed by atoms with van der Waals surface area (Å²) in [5.41, 5.74) is -1.08. The Morgan fingerprint density at radius 3 is 2.46 bits per heavy atom. The van der Waals surface area contributed by atoms with Gasteiger partial charge in [0.25, 0.3) is 0 Å². The van der Waals surface area contributed by atoms with Gasteiger partial charge in [0.2, 0.25) is 15.9 Å². The van der Waals surface area contributed by atoms with Crippen molar-refractivity contribution < 1.29 is 35.1 Å². The second kappa shape index (κ2) is 6.47. The lowest BCUT2D eigenvalue weighted by Gasteiger charge is -2.37. The number of halogens is 5. The summed E-state index contributed by atoms with van der Waals surface area (Å²) in [5, 5.41) is 0. The number of alkyl halides is 3. The Labute approximate surface area is 145 Å². The number of sulfonamides is 1. The first-order valence-electron chi connectivity index (χ1n) is 7.23. The van der Waals surface area contributed by atoms with Crippen LogP contribution in [0.5, 0.6) is 5.88 Å². The SMILES string of the molecule is O=S(=O)(c1ccc(F)cc1F)N1CC(Oc2ncccc2C(F)(F)F)C1. The molecule has 0 atom stereocenters. The van der Waals surface area contributed by atoms with E-state index in [1.165, 1.54) is 0 Å². The summed E-state index contributed by atoms with van der Waals surface area (Å²) in [6.07, 6.45) is -4.42. The Kier molecular flexibility index (Phi) is 4.61. The highest BCUT2D eigenvalue weighted by Gasteiger charge is 2.41. The van der Waals surface area contributed by atoms with Gasteiger partial charge in [-0.05, 0) is 24.3 Å². The van der Waals surface area contributed by atoms with Crippen molar-refractivity contribution in [1.82, 2.24) is 9.29 Å². The normalized spacial score (nSPS) is 16.3. The van der Waals surface area contributed by atoms with E-state index in [2.05, 4.69) is 4.98 Å². The van der Waals surface area contributed by atoms with Crippen LogP contribution in [-0.4, -0.2) is 36.9 Å². The van der Waals surface area contributed by atoms with Crippen LogP contribution in [0.25, 0.3) is 0 Å². The third-order valence-electron chi connectivity index (χ3n) is 3.68. The molecule has 0 spiro atoms. The molecule has 0 N–H and O–H groups in total. The predicted molar refractivity (Wildman–Crippen MR) is 78.8 cm³/mol. The summed E-state index contributed by atoms with van der Waals surface area (Å²) in [6.45, 7) is -0.569. The Balaban J connectivity index is 1.72. The van der Waals surface area contributed by atoms with Crippen molar-refractivity contribution in [2.45, 2.75) is 17.2 Å². The maximum absolute atomic E-state index is 13.7. The first-order chi connectivity index (χ1) is 12.1. The Bertz CT molecular complexity index is 927. The number of rotatable bonds is 4. The van der Waals surface area contributed by atoms with Gasteiger partial charge in [-0.1, -0.05) is 0 Å². The molecule has 1 aliphatic rings. The highest BCUT2D eigenvalue weighted by molar-refractivity contribution is 7.89. The van der Waals surface area contributed by atoms with E-state index in [4.69, 9.17) is 4.74 Å². The Hall–Kier alpha value is -2.27. The van der Waals surface area contributed by atoms with E-state index >= 15 is 0 Å². The molecule has 1 aromatic heterocycles. The Morgan fingerprint density at radius 2 is 1.85 bits per heavy atom. The molecule has 1 aliphatic heterocycles. The predicted octanol–water partition coefficient (Wildman–Crippen LogP) is 2.83. The fourth-order valence-electron chi connectivity index (χ4n) is 2.35. The van der Waals surface area contributed by atoms with Gasteiger partial charge in [0.05, 0.1) is 13.1 Å². The van der Waals surface area contributed by atoms with Crippen LogP contribution in [0.15, 0.2) is 41.4 Å². The Morgan fingerprint density at radius 1 is 1.15 bits per heavy atom. The van der Waals surface area contributed by atoms with Crippen molar-refractivity contribution in [3.8, 4) is 5.88 Å². The molecule has 3 rings (SSSR count). The fraction of sp³-hybridized carbons (Fsp3) is 0.267. The molecule has 26 heavy (non-hydrogen) atoms. The zero-order chi connectivity index (χ0) is 19.1. The van der Waals surface area contributed by atoms with Crippen LogP contribution in [0.4, 0.5) is 22.0 Å². The van der Waals surface area contributed by atoms with Gasteiger partial charge in [-0.2, -0.15) is 17.5 Å². The number of hydrogen-bond acceptors (Lipinski definition) is 4. The van der Waals surface area contributed by atoms with Gasteiger partial charge in [0.1, 0.15) is 28.2 Å². The first kappa shape index (κ1) is 18.5. The molecule has 140 valence electrons. The van der Waals surface area contributed by atoms with Crippen molar-refractivity contribution >= 4 is 10.0 Å². The van der Waals surface area contributed by atoms with Crippen molar-refractivity contribution in [1.29, 1.82) is 0 Å². The molecule has 5 nitrogen and oxygen atoms in total. The zero-order valence-electron chi connectivity index (χ0n) is 12.9. The quantitative estimate of drug-likeness (QED) is 0.749. The van der Waals surface area contributed by atoms with E-state index in [9.17, 15) is 30.4 Å². The molecule has 0 saturated carbocycles. The summed E-state index contributed by atoms with van der Waals surface area (Å²) in [4.78, 5) is 2.81. The van der Waals surface area contributed by atoms with Crippen molar-refractivity contribution in [2.75, 3.05) is 13.1 Å². The smallest absolute Gasteiger partial charge is 0.421 e. The van der Waals surface area contributed by atoms with Crippen molar-refractivity contribution in [3.05, 3.63) is 53.7 Å². The third kappa shape index (κ3) is 3.49. The van der Waals surface area contributed by atoms with Crippen LogP contribution in [0.2, 0.25) is 0 Å². The monoisotopic (exact) mass is 394 g/mol. The molecule has 0 unspecified atom stereocenters. The minimum Gasteiger partial charge on any atom is -0.471 e. The summed E-state index contributed by atoms with van der Waals surface area (Å²) in [5.74, 6) is -2.84. The average Bonchev–Trinajstić information content (AvgIpc) is 2.49. The number of hydrogen-bond donors (Lipinski definition) is 0. The summed E-state index contributed by atoms with van der Waals surface area (Å²) < 4.78 is 95.8. The van der Waals surface area contributed by atoms with Gasteiger partial charge >= 0.3 is 6.18 Å². The lowest BCUT2D eigenvalue weighted by Crippen LogP contribution is -2.56. The number of ether oxygens (including phenoxy) is 1. The lowest BCUT2D eigenvalue weighted by atomic mass is 10.2. The van der Waals surface area contributed by atoms with E-state index in [1.807, 2.05) is 0 Å². The highest BCUT2D eigenvalue weighted by atomic mass is 32.2. The molecule has 0 aliphatic carbocycles. The lowest BCUT2D eigenvalue weighted by molar-refractivity contribution is -0.140. The summed E-state index contributed by atoms with van der Waals surface area (Å²) in [6, 6.07) is 3.92. The molecule has 1 saturated heterocycles. The second-order valence-corrected chi connectivity index (χ2v) is 7.40. The fourth-order valence-corrected chi connectivity index (χ4v) is 3.90. The standard InChI is InChI=1S/C15H11F5N2O3S/c16-9-3-4-13(12(17)6-9)26(23,24)22-7-10(8-22)25-14-11(15(18,19)20)2-1-5-21-14/h1-6,10H,7-8H2. The molecular weight excluding hydrogens is 383 g/mol. The number of benzene rings is 1. The maximum Gasteiger partial charge on any atom is 0.421 e. The molecule has 0 bridgehead atoms. The van der Waals surface area contributed by atoms with E-state index in [1.54, 1.807) is 0 Å². The van der Waals surface area contributed by atoms with Crippen LogP contribution in [0, 0.1) is 11.6 Å². The molecule has 0 amide bonds. The molecule has 1 fully saturated rings. The van der Waals surface area contributed by atoms with Crippen LogP contribution in [0.1, 0.15) is 5.56 Å². The van der Waals surface area contributed by atoms with E-state index < -0.39 is 50.3 Å². The van der Waals surface area contributed by atoms with Crippen LogP contribution >= 0.6 is 0 Å². The highest BCUT2D eigenvalue weighted by Crippen LogP contribution is 2.36. The molecule has 2 aromatic rings. The molecule has 1 aromatic carbocycles. The first-order valence-corrected chi connectivity index (χ1v) is 8.67. The van der Waals surface area contributed by atoms with Gasteiger partial charge in [-0.3, -0.25) is 0 Å². The van der Waals surface area contributed by atoms with Gasteiger partial charge < -0.3 is 4.74 Å². The van der Waals surface area contributed by atoms with E-state index in [0.29, 0.717) is 6.07 Å². The average molecular weight is 394 g/mol. The van der Waals surface area contributed by atoms with Crippen molar-refractivity contribution in [3.63, 3.8) is 0 Å². The summed E-state index contributed by atoms with van der Waals surface area (Å²) in [7, 11) is -4.24. The molecule has 0 radical (unpaired) electrons. The zero-order valence-corrected chi connectivity index (χ0v) is 13.7. The maximum atomic E-state index is 13.7. The van der Waals surface area contributed by atoms with Gasteiger partial charge in [-0.25, -0.2) is 22.2 Å². The summed E-state index contributed by atoms with van der Waals surface area (Å²) >= 11 is 0. The van der Waals surface area contributed by atoms with Crippen LogP contribution in [-0.2, 0) is 16.2 Å². The van der Waals surface area contributed by atoms with Gasteiger partial charge in [-0.15, -0.1) is 0 Å². The van der Waals surface area contributed by atoms with E-state index in [0.717, 1.165) is 34.8 Å². The van der Waals surface area contributed by atoms with Gasteiger partial charge in [0, 0.05) is 12.3 Å². The number of pyridine rings is 1. The van der Waals surface area contributed by atoms with Crippen LogP contribution in [0.3, 0.4) is 0 Å². The van der Waals surface area contributed by atoms with E-state index in [-0.39, 0.29) is 13.1 Å². The van der Waals surface area contributed by atoms with Gasteiger partial charge in [0.15, 0.2) is 0 Å². The number of nitrogens with zero attached hydrogens (tertiary/aromatic N) is 2. The van der Waals surface area contributed by atoms with Crippen molar-refractivity contribution in [2.24, 2.45) is 0 Å². The topological polar surface area (TPSA) is 59.5 Å². The molecule has 2 heterocycles. The minimum atomic E-state index is -4.67.